The molecule has 0 atom stereocenters. The van der Waals surface area contributed by atoms with Crippen LogP contribution in [-0.2, 0) is 6.42 Å². The van der Waals surface area contributed by atoms with Crippen LogP contribution >= 0.6 is 15.9 Å². The van der Waals surface area contributed by atoms with Crippen LogP contribution < -0.4 is 5.73 Å². The highest BCUT2D eigenvalue weighted by Gasteiger charge is 2.12. The zero-order valence-electron chi connectivity index (χ0n) is 9.72. The minimum absolute atomic E-state index is 0.528. The summed E-state index contributed by atoms with van der Waals surface area (Å²) in [6.45, 7) is 2.04. The molecule has 0 radical (unpaired) electrons. The largest absolute Gasteiger partial charge is 0.458 e. The predicted molar refractivity (Wildman–Crippen MR) is 72.2 cm³/mol. The van der Waals surface area contributed by atoms with Crippen molar-refractivity contribution < 1.29 is 4.42 Å². The third-order valence-corrected chi connectivity index (χ3v) is 3.12. The molecule has 0 aromatic carbocycles. The molecule has 5 nitrogen and oxygen atoms in total. The van der Waals surface area contributed by atoms with E-state index in [0.29, 0.717) is 23.0 Å². The summed E-state index contributed by atoms with van der Waals surface area (Å²) < 4.78 is 8.09. The first-order valence-corrected chi connectivity index (χ1v) is 6.37. The summed E-state index contributed by atoms with van der Waals surface area (Å²) in [6, 6.07) is 7.45. The Labute approximate surface area is 112 Å². The second kappa shape index (κ2) is 4.13. The molecule has 92 valence electrons. The van der Waals surface area contributed by atoms with E-state index in [2.05, 4.69) is 26.0 Å². The number of anilines is 1. The van der Waals surface area contributed by atoms with Crippen LogP contribution in [0, 0.1) is 0 Å². The molecule has 0 amide bonds. The maximum absolute atomic E-state index is 5.88. The van der Waals surface area contributed by atoms with Gasteiger partial charge in [-0.15, -0.1) is 5.10 Å². The Bertz CT molecular complexity index is 716. The molecule has 6 heteroatoms. The molecule has 2 N–H and O–H groups in total. The summed E-state index contributed by atoms with van der Waals surface area (Å²) >= 11 is 3.38. The van der Waals surface area contributed by atoms with Crippen molar-refractivity contribution in [3.8, 4) is 11.6 Å². The first kappa shape index (κ1) is 11.3. The van der Waals surface area contributed by atoms with E-state index in [4.69, 9.17) is 10.2 Å². The van der Waals surface area contributed by atoms with Crippen LogP contribution in [0.2, 0.25) is 0 Å². The fraction of sp³-hybridized carbons (Fsp3) is 0.167. The van der Waals surface area contributed by atoms with Gasteiger partial charge in [0.2, 0.25) is 5.82 Å². The van der Waals surface area contributed by atoms with Crippen molar-refractivity contribution in [2.24, 2.45) is 0 Å². The SMILES string of the molecule is CCc1ccc(-c2nc3cc(Br)cc(N)n3n2)o1. The molecule has 0 spiro atoms. The third kappa shape index (κ3) is 1.78. The summed E-state index contributed by atoms with van der Waals surface area (Å²) in [6.07, 6.45) is 0.848. The van der Waals surface area contributed by atoms with Crippen molar-refractivity contribution in [2.45, 2.75) is 13.3 Å². The minimum atomic E-state index is 0.528. The van der Waals surface area contributed by atoms with Crippen LogP contribution in [-0.4, -0.2) is 14.6 Å². The molecule has 18 heavy (non-hydrogen) atoms. The number of furan rings is 1. The predicted octanol–water partition coefficient (Wildman–Crippen LogP) is 2.90. The topological polar surface area (TPSA) is 69.3 Å². The Morgan fingerprint density at radius 1 is 1.39 bits per heavy atom. The number of nitrogens with zero attached hydrogens (tertiary/aromatic N) is 3. The van der Waals surface area contributed by atoms with E-state index in [1.54, 1.807) is 10.6 Å². The molecule has 3 aromatic heterocycles. The number of fused-ring (bicyclic) bond motifs is 1. The molecular formula is C12H11BrN4O. The van der Waals surface area contributed by atoms with Gasteiger partial charge in [-0.05, 0) is 24.3 Å². The van der Waals surface area contributed by atoms with Gasteiger partial charge in [0.25, 0.3) is 0 Å². The Hall–Kier alpha value is -1.82. The van der Waals surface area contributed by atoms with Gasteiger partial charge in [-0.1, -0.05) is 22.9 Å². The fourth-order valence-corrected chi connectivity index (χ4v) is 2.21. The number of hydrogen-bond acceptors (Lipinski definition) is 4. The lowest BCUT2D eigenvalue weighted by Crippen LogP contribution is -1.97. The summed E-state index contributed by atoms with van der Waals surface area (Å²) in [5.41, 5.74) is 6.57. The van der Waals surface area contributed by atoms with Gasteiger partial charge in [-0.3, -0.25) is 0 Å². The number of nitrogens with two attached hydrogens (primary N) is 1. The molecule has 0 unspecified atom stereocenters. The third-order valence-electron chi connectivity index (χ3n) is 2.66. The summed E-state index contributed by atoms with van der Waals surface area (Å²) in [5.74, 6) is 2.64. The van der Waals surface area contributed by atoms with Crippen molar-refractivity contribution in [3.63, 3.8) is 0 Å². The van der Waals surface area contributed by atoms with Crippen molar-refractivity contribution >= 4 is 27.4 Å². The minimum Gasteiger partial charge on any atom is -0.458 e. The molecule has 0 fully saturated rings. The van der Waals surface area contributed by atoms with E-state index >= 15 is 0 Å². The number of halogens is 1. The average molecular weight is 307 g/mol. The smallest absolute Gasteiger partial charge is 0.217 e. The molecule has 3 rings (SSSR count). The first-order chi connectivity index (χ1) is 8.67. The van der Waals surface area contributed by atoms with E-state index in [-0.39, 0.29) is 0 Å². The molecule has 0 aliphatic heterocycles. The molecule has 3 heterocycles. The maximum atomic E-state index is 5.88. The van der Waals surface area contributed by atoms with Crippen molar-refractivity contribution in [3.05, 3.63) is 34.5 Å². The number of aromatic nitrogens is 3. The molecular weight excluding hydrogens is 296 g/mol. The lowest BCUT2D eigenvalue weighted by molar-refractivity contribution is 0.525. The Balaban J connectivity index is 2.16. The van der Waals surface area contributed by atoms with Gasteiger partial charge < -0.3 is 10.2 Å². The van der Waals surface area contributed by atoms with Crippen molar-refractivity contribution in [2.75, 3.05) is 5.73 Å². The molecule has 0 bridgehead atoms. The van der Waals surface area contributed by atoms with Crippen molar-refractivity contribution in [1.29, 1.82) is 0 Å². The Morgan fingerprint density at radius 3 is 2.94 bits per heavy atom. The molecule has 0 aliphatic carbocycles. The van der Waals surface area contributed by atoms with Crippen molar-refractivity contribution in [1.82, 2.24) is 14.6 Å². The lowest BCUT2D eigenvalue weighted by atomic mass is 10.3. The van der Waals surface area contributed by atoms with Crippen LogP contribution in [0.15, 0.2) is 33.2 Å². The quantitative estimate of drug-likeness (QED) is 0.790. The van der Waals surface area contributed by atoms with Gasteiger partial charge in [0.15, 0.2) is 11.4 Å². The van der Waals surface area contributed by atoms with Crippen LogP contribution in [0.4, 0.5) is 5.82 Å². The zero-order chi connectivity index (χ0) is 12.7. The van der Waals surface area contributed by atoms with Crippen LogP contribution in [0.3, 0.4) is 0 Å². The van der Waals surface area contributed by atoms with Gasteiger partial charge in [0.05, 0.1) is 0 Å². The summed E-state index contributed by atoms with van der Waals surface area (Å²) in [4.78, 5) is 4.40. The van der Waals surface area contributed by atoms with E-state index in [1.807, 2.05) is 25.1 Å². The number of aryl methyl sites for hydroxylation is 1. The van der Waals surface area contributed by atoms with E-state index in [0.717, 1.165) is 16.7 Å². The summed E-state index contributed by atoms with van der Waals surface area (Å²) in [5, 5.41) is 4.34. The number of hydrogen-bond donors (Lipinski definition) is 1. The normalized spacial score (nSPS) is 11.2. The number of pyridine rings is 1. The first-order valence-electron chi connectivity index (χ1n) is 5.58. The molecule has 0 saturated carbocycles. The van der Waals surface area contributed by atoms with Gasteiger partial charge in [-0.25, -0.2) is 4.98 Å². The van der Waals surface area contributed by atoms with E-state index in [1.165, 1.54) is 0 Å². The van der Waals surface area contributed by atoms with Crippen LogP contribution in [0.1, 0.15) is 12.7 Å². The maximum Gasteiger partial charge on any atom is 0.217 e. The fourth-order valence-electron chi connectivity index (χ4n) is 1.77. The second-order valence-electron chi connectivity index (χ2n) is 3.92. The monoisotopic (exact) mass is 306 g/mol. The number of nitrogen functional groups attached to an aromatic ring is 1. The Kier molecular flexibility index (Phi) is 2.59. The molecule has 0 aliphatic rings. The van der Waals surface area contributed by atoms with Crippen LogP contribution in [0.25, 0.3) is 17.2 Å². The lowest BCUT2D eigenvalue weighted by Gasteiger charge is -1.97. The highest BCUT2D eigenvalue weighted by atomic mass is 79.9. The van der Waals surface area contributed by atoms with E-state index < -0.39 is 0 Å². The number of rotatable bonds is 2. The molecule has 3 aromatic rings. The van der Waals surface area contributed by atoms with Gasteiger partial charge in [0, 0.05) is 10.9 Å². The standard InChI is InChI=1S/C12H11BrN4O/c1-2-8-3-4-9(18-8)12-15-11-6-7(13)5-10(14)17(11)16-12/h3-6H,2,14H2,1H3. The second-order valence-corrected chi connectivity index (χ2v) is 4.84. The zero-order valence-corrected chi connectivity index (χ0v) is 11.3. The van der Waals surface area contributed by atoms with Gasteiger partial charge in [0.1, 0.15) is 11.6 Å². The molecule has 0 saturated heterocycles. The van der Waals surface area contributed by atoms with Gasteiger partial charge in [-0.2, -0.15) is 4.52 Å². The summed E-state index contributed by atoms with van der Waals surface area (Å²) in [7, 11) is 0. The highest BCUT2D eigenvalue weighted by Crippen LogP contribution is 2.23. The van der Waals surface area contributed by atoms with E-state index in [9.17, 15) is 0 Å². The average Bonchev–Trinajstić information content (AvgIpc) is 2.93. The van der Waals surface area contributed by atoms with Crippen LogP contribution in [0.5, 0.6) is 0 Å². The Morgan fingerprint density at radius 2 is 2.22 bits per heavy atom. The highest BCUT2D eigenvalue weighted by molar-refractivity contribution is 9.10. The van der Waals surface area contributed by atoms with Gasteiger partial charge >= 0.3 is 0 Å².